The molecule has 284 valence electrons. The number of carboxylic acid groups (broad SMARTS) is 2. The highest BCUT2D eigenvalue weighted by Gasteiger charge is 2.25. The fourth-order valence-electron chi connectivity index (χ4n) is 6.36. The highest BCUT2D eigenvalue weighted by Crippen LogP contribution is 2.17. The maximum Gasteiger partial charge on any atom is 0.0786 e. The standard InChI is InChI=1S/2C16H36N.C9H16O4/c2*1-5-9-13-17(14-10-6-2,15-11-7-3)16-12-8-4;10-8(11)6-4-2-1-3-5-7-9(12)13/h2*5-16H2,1-4H3;1-7H2,(H,10,11)(H,12,13)/q2*+1;/p-2. The molecule has 0 aromatic carbocycles. The van der Waals surface area contributed by atoms with Crippen LogP contribution in [0.4, 0.5) is 0 Å². The molecule has 0 unspecified atom stereocenters. The number of carboxylic acids is 2. The molecule has 0 spiro atoms. The van der Waals surface area contributed by atoms with Crippen molar-refractivity contribution < 1.29 is 28.8 Å². The van der Waals surface area contributed by atoms with Crippen LogP contribution in [-0.2, 0) is 9.59 Å². The van der Waals surface area contributed by atoms with Crippen molar-refractivity contribution in [1.82, 2.24) is 0 Å². The summed E-state index contributed by atoms with van der Waals surface area (Å²) < 4.78 is 2.84. The first kappa shape index (κ1) is 50.2. The molecule has 0 bridgehead atoms. The van der Waals surface area contributed by atoms with Crippen molar-refractivity contribution in [2.75, 3.05) is 52.4 Å². The van der Waals surface area contributed by atoms with E-state index in [1.165, 1.54) is 164 Å². The van der Waals surface area contributed by atoms with Crippen molar-refractivity contribution in [3.63, 3.8) is 0 Å². The first-order valence-corrected chi connectivity index (χ1v) is 20.7. The number of nitrogens with zero attached hydrogens (tertiary/aromatic N) is 2. The summed E-state index contributed by atoms with van der Waals surface area (Å²) in [5.74, 6) is -2.04. The van der Waals surface area contributed by atoms with Gasteiger partial charge in [0.2, 0.25) is 0 Å². The molecule has 0 rings (SSSR count). The molecule has 0 aromatic heterocycles. The minimum absolute atomic E-state index is 0.0977. The summed E-state index contributed by atoms with van der Waals surface area (Å²) in [5.41, 5.74) is 0. The van der Waals surface area contributed by atoms with Gasteiger partial charge in [-0.05, 0) is 77.0 Å². The first-order chi connectivity index (χ1) is 22.6. The Kier molecular flexibility index (Phi) is 40.3. The van der Waals surface area contributed by atoms with Crippen molar-refractivity contribution >= 4 is 11.9 Å². The monoisotopic (exact) mass is 671 g/mol. The third kappa shape index (κ3) is 34.5. The maximum absolute atomic E-state index is 9.98. The molecule has 0 fully saturated rings. The Balaban J connectivity index is -0.000000625. The molecule has 0 aliphatic carbocycles. The van der Waals surface area contributed by atoms with Crippen LogP contribution in [0.25, 0.3) is 0 Å². The van der Waals surface area contributed by atoms with Crippen LogP contribution in [0.15, 0.2) is 0 Å². The van der Waals surface area contributed by atoms with E-state index in [0.29, 0.717) is 12.8 Å². The molecule has 0 aliphatic heterocycles. The third-order valence-electron chi connectivity index (χ3n) is 9.65. The summed E-state index contributed by atoms with van der Waals surface area (Å²) in [6.45, 7) is 30.0. The number of carbonyl (C=O) groups is 2. The van der Waals surface area contributed by atoms with Crippen molar-refractivity contribution in [3.05, 3.63) is 0 Å². The van der Waals surface area contributed by atoms with Crippen molar-refractivity contribution in [2.45, 2.75) is 203 Å². The molecule has 0 aliphatic rings. The third-order valence-corrected chi connectivity index (χ3v) is 9.65. The molecule has 0 saturated carbocycles. The fraction of sp³-hybridized carbons (Fsp3) is 0.951. The highest BCUT2D eigenvalue weighted by molar-refractivity contribution is 5.64. The Labute approximate surface area is 295 Å². The maximum atomic E-state index is 9.98. The first-order valence-electron chi connectivity index (χ1n) is 20.7. The molecule has 0 radical (unpaired) electrons. The lowest BCUT2D eigenvalue weighted by Gasteiger charge is -2.39. The van der Waals surface area contributed by atoms with Crippen LogP contribution in [-0.4, -0.2) is 73.3 Å². The van der Waals surface area contributed by atoms with Crippen LogP contribution in [0.2, 0.25) is 0 Å². The molecular weight excluding hydrogens is 584 g/mol. The number of rotatable bonds is 32. The zero-order chi connectivity index (χ0) is 36.1. The Morgan fingerprint density at radius 1 is 0.319 bits per heavy atom. The van der Waals surface area contributed by atoms with Gasteiger partial charge in [-0.15, -0.1) is 0 Å². The minimum atomic E-state index is -1.02. The second kappa shape index (κ2) is 37.7. The smallest absolute Gasteiger partial charge is 0.0786 e. The van der Waals surface area contributed by atoms with Gasteiger partial charge in [0.15, 0.2) is 0 Å². The topological polar surface area (TPSA) is 80.3 Å². The predicted octanol–water partition coefficient (Wildman–Crippen LogP) is 9.22. The Bertz CT molecular complexity index is 526. The van der Waals surface area contributed by atoms with E-state index >= 15 is 0 Å². The molecule has 6 nitrogen and oxygen atoms in total. The largest absolute Gasteiger partial charge is 0.550 e. The number of quaternary nitrogens is 2. The van der Waals surface area contributed by atoms with Gasteiger partial charge in [-0.1, -0.05) is 126 Å². The summed E-state index contributed by atoms with van der Waals surface area (Å²) in [5, 5.41) is 20.0. The second-order valence-electron chi connectivity index (χ2n) is 14.3. The fourth-order valence-corrected chi connectivity index (χ4v) is 6.36. The van der Waals surface area contributed by atoms with Gasteiger partial charge in [0.25, 0.3) is 0 Å². The zero-order valence-electron chi connectivity index (χ0n) is 33.4. The number of aliphatic carboxylic acids is 2. The van der Waals surface area contributed by atoms with Gasteiger partial charge in [-0.3, -0.25) is 0 Å². The van der Waals surface area contributed by atoms with E-state index in [2.05, 4.69) is 55.4 Å². The Morgan fingerprint density at radius 3 is 0.638 bits per heavy atom. The minimum Gasteiger partial charge on any atom is -0.550 e. The van der Waals surface area contributed by atoms with Gasteiger partial charge in [0.05, 0.1) is 52.4 Å². The summed E-state index contributed by atoms with van der Waals surface area (Å²) in [4.78, 5) is 20.0. The molecule has 0 heterocycles. The zero-order valence-corrected chi connectivity index (χ0v) is 33.4. The van der Waals surface area contributed by atoms with Crippen molar-refractivity contribution in [3.8, 4) is 0 Å². The van der Waals surface area contributed by atoms with Gasteiger partial charge >= 0.3 is 0 Å². The van der Waals surface area contributed by atoms with E-state index in [1.807, 2.05) is 0 Å². The van der Waals surface area contributed by atoms with E-state index in [1.54, 1.807) is 0 Å². The van der Waals surface area contributed by atoms with E-state index in [9.17, 15) is 19.8 Å². The van der Waals surface area contributed by atoms with E-state index in [0.717, 1.165) is 19.3 Å². The van der Waals surface area contributed by atoms with Gasteiger partial charge in [-0.25, -0.2) is 0 Å². The summed E-state index contributed by atoms with van der Waals surface area (Å²) in [6.07, 6.45) is 26.1. The van der Waals surface area contributed by atoms with Crippen LogP contribution >= 0.6 is 0 Å². The lowest BCUT2D eigenvalue weighted by Crippen LogP contribution is -2.50. The molecule has 6 heteroatoms. The number of hydrogen-bond acceptors (Lipinski definition) is 4. The Morgan fingerprint density at radius 2 is 0.489 bits per heavy atom. The summed E-state index contributed by atoms with van der Waals surface area (Å²) in [7, 11) is 0. The number of carbonyl (C=O) groups excluding carboxylic acids is 2. The summed E-state index contributed by atoms with van der Waals surface area (Å²) in [6, 6.07) is 0. The van der Waals surface area contributed by atoms with Gasteiger partial charge in [-0.2, -0.15) is 0 Å². The normalized spacial score (nSPS) is 11.4. The van der Waals surface area contributed by atoms with Crippen molar-refractivity contribution in [1.29, 1.82) is 0 Å². The number of unbranched alkanes of at least 4 members (excludes halogenated alkanes) is 12. The van der Waals surface area contributed by atoms with Crippen LogP contribution in [0.1, 0.15) is 203 Å². The van der Waals surface area contributed by atoms with Crippen LogP contribution in [0, 0.1) is 0 Å². The molecule has 0 aromatic rings. The molecule has 0 saturated heterocycles. The molecular formula is C41H86N2O4. The van der Waals surface area contributed by atoms with Crippen LogP contribution < -0.4 is 10.2 Å². The SMILES string of the molecule is CCCC[N+](CCCC)(CCCC)CCCC.CCCC[N+](CCCC)(CCCC)CCCC.O=C([O-])CCCCCCCC(=O)[O-]. The second-order valence-corrected chi connectivity index (χ2v) is 14.3. The highest BCUT2D eigenvalue weighted by atomic mass is 16.4. The molecule has 0 N–H and O–H groups in total. The van der Waals surface area contributed by atoms with Crippen LogP contribution in [0.5, 0.6) is 0 Å². The Hall–Kier alpha value is -1.14. The van der Waals surface area contributed by atoms with E-state index in [-0.39, 0.29) is 12.8 Å². The molecule has 0 atom stereocenters. The van der Waals surface area contributed by atoms with E-state index < -0.39 is 11.9 Å². The summed E-state index contributed by atoms with van der Waals surface area (Å²) >= 11 is 0. The molecule has 0 amide bonds. The van der Waals surface area contributed by atoms with Crippen molar-refractivity contribution in [2.24, 2.45) is 0 Å². The average Bonchev–Trinajstić information content (AvgIpc) is 3.07. The average molecular weight is 671 g/mol. The van der Waals surface area contributed by atoms with Gasteiger partial charge in [0, 0.05) is 11.9 Å². The number of hydrogen-bond donors (Lipinski definition) is 0. The molecule has 47 heavy (non-hydrogen) atoms. The van der Waals surface area contributed by atoms with Crippen LogP contribution in [0.3, 0.4) is 0 Å². The van der Waals surface area contributed by atoms with E-state index in [4.69, 9.17) is 0 Å². The van der Waals surface area contributed by atoms with Gasteiger partial charge < -0.3 is 28.8 Å². The van der Waals surface area contributed by atoms with Gasteiger partial charge in [0.1, 0.15) is 0 Å². The lowest BCUT2D eigenvalue weighted by molar-refractivity contribution is -0.929. The quantitative estimate of drug-likeness (QED) is 0.0528. The lowest BCUT2D eigenvalue weighted by atomic mass is 10.1. The predicted molar refractivity (Wildman–Crippen MR) is 201 cm³/mol.